The number of carbonyl (C=O) groups is 2. The molecule has 2 aromatic carbocycles. The summed E-state index contributed by atoms with van der Waals surface area (Å²) in [4.78, 5) is 27.3. The average Bonchev–Trinajstić information content (AvgIpc) is 3.22. The summed E-state index contributed by atoms with van der Waals surface area (Å²) in [5.74, 6) is -0.0373. The summed E-state index contributed by atoms with van der Waals surface area (Å²) < 4.78 is 8.43. The van der Waals surface area contributed by atoms with Gasteiger partial charge in [-0.15, -0.1) is 0 Å². The minimum Gasteiger partial charge on any atom is -0.352 e. The molecule has 1 N–H and O–H groups in total. The Hall–Kier alpha value is -2.80. The lowest BCUT2D eigenvalue weighted by Crippen LogP contribution is -2.45. The van der Waals surface area contributed by atoms with E-state index in [1.807, 2.05) is 41.3 Å². The molecule has 2 heterocycles. The summed E-state index contributed by atoms with van der Waals surface area (Å²) in [6.07, 6.45) is 3.84. The lowest BCUT2D eigenvalue weighted by atomic mass is 9.98. The highest BCUT2D eigenvalue weighted by Gasteiger charge is 2.27. The molecule has 7 heteroatoms. The molecule has 1 fully saturated rings. The monoisotopic (exact) mass is 394 g/mol. The van der Waals surface area contributed by atoms with Crippen molar-refractivity contribution in [2.45, 2.75) is 31.7 Å². The lowest BCUT2D eigenvalue weighted by Gasteiger charge is -2.36. The number of rotatable bonds is 5. The van der Waals surface area contributed by atoms with Gasteiger partial charge in [-0.3, -0.25) is 9.59 Å². The number of piperidine rings is 1. The first-order valence-corrected chi connectivity index (χ1v) is 10.3. The zero-order valence-corrected chi connectivity index (χ0v) is 16.3. The molecule has 3 aromatic rings. The Bertz CT molecular complexity index is 973. The first-order chi connectivity index (χ1) is 13.7. The van der Waals surface area contributed by atoms with Gasteiger partial charge >= 0.3 is 0 Å². The predicted molar refractivity (Wildman–Crippen MR) is 109 cm³/mol. The molecule has 1 aliphatic rings. The molecule has 0 radical (unpaired) electrons. The van der Waals surface area contributed by atoms with E-state index in [2.05, 4.69) is 14.1 Å². The molecule has 0 spiro atoms. The highest BCUT2D eigenvalue weighted by Crippen LogP contribution is 2.23. The van der Waals surface area contributed by atoms with Gasteiger partial charge < -0.3 is 10.2 Å². The standard InChI is InChI=1S/C21H22N4O2S/c26-20(15-6-2-1-3-7-15)22-12-11-17-8-4-5-13-25(17)21(27)16-9-10-18-19(14-16)24-28-23-18/h1-3,6-7,9-10,14,17H,4-5,8,11-13H2,(H,22,26)/t17-/m0/s1. The summed E-state index contributed by atoms with van der Waals surface area (Å²) in [6, 6.07) is 14.8. The normalized spacial score (nSPS) is 16.9. The number of hydrogen-bond acceptors (Lipinski definition) is 5. The molecule has 0 bridgehead atoms. The Morgan fingerprint density at radius 1 is 1.04 bits per heavy atom. The largest absolute Gasteiger partial charge is 0.352 e. The smallest absolute Gasteiger partial charge is 0.254 e. The maximum atomic E-state index is 13.1. The molecular formula is C21H22N4O2S. The van der Waals surface area contributed by atoms with Crippen LogP contribution in [0.4, 0.5) is 0 Å². The van der Waals surface area contributed by atoms with Gasteiger partial charge in [0.05, 0.1) is 11.7 Å². The van der Waals surface area contributed by atoms with Gasteiger partial charge in [-0.25, -0.2) is 0 Å². The second kappa shape index (κ2) is 8.48. The molecule has 1 aliphatic heterocycles. The van der Waals surface area contributed by atoms with Crippen LogP contribution in [0.1, 0.15) is 46.4 Å². The summed E-state index contributed by atoms with van der Waals surface area (Å²) >= 11 is 1.16. The van der Waals surface area contributed by atoms with Gasteiger partial charge in [0.25, 0.3) is 11.8 Å². The van der Waals surface area contributed by atoms with Gasteiger partial charge in [-0.2, -0.15) is 8.75 Å². The van der Waals surface area contributed by atoms with Gasteiger partial charge in [0.15, 0.2) is 0 Å². The van der Waals surface area contributed by atoms with Crippen LogP contribution in [0, 0.1) is 0 Å². The van der Waals surface area contributed by atoms with Crippen LogP contribution in [0.15, 0.2) is 48.5 Å². The second-order valence-electron chi connectivity index (χ2n) is 7.03. The van der Waals surface area contributed by atoms with Crippen molar-refractivity contribution in [3.8, 4) is 0 Å². The minimum atomic E-state index is -0.0734. The highest BCUT2D eigenvalue weighted by molar-refractivity contribution is 7.00. The maximum Gasteiger partial charge on any atom is 0.254 e. The van der Waals surface area contributed by atoms with Crippen LogP contribution in [-0.2, 0) is 0 Å². The van der Waals surface area contributed by atoms with Gasteiger partial charge in [-0.05, 0) is 56.0 Å². The number of benzene rings is 2. The SMILES string of the molecule is O=C(NCC[C@@H]1CCCCN1C(=O)c1ccc2nsnc2c1)c1ccccc1. The molecule has 0 unspecified atom stereocenters. The molecule has 1 atom stereocenters. The number of fused-ring (bicyclic) bond motifs is 1. The predicted octanol–water partition coefficient (Wildman–Crippen LogP) is 3.51. The number of aromatic nitrogens is 2. The third-order valence-electron chi connectivity index (χ3n) is 5.19. The lowest BCUT2D eigenvalue weighted by molar-refractivity contribution is 0.0601. The Labute approximate surface area is 167 Å². The first-order valence-electron chi connectivity index (χ1n) is 9.59. The molecule has 1 aromatic heterocycles. The van der Waals surface area contributed by atoms with Crippen LogP contribution in [0.25, 0.3) is 11.0 Å². The van der Waals surface area contributed by atoms with E-state index in [1.54, 1.807) is 12.1 Å². The molecule has 4 rings (SSSR count). The number of nitrogens with one attached hydrogen (secondary N) is 1. The van der Waals surface area contributed by atoms with Crippen molar-refractivity contribution in [3.05, 3.63) is 59.7 Å². The average molecular weight is 395 g/mol. The van der Waals surface area contributed by atoms with Crippen molar-refractivity contribution in [3.63, 3.8) is 0 Å². The van der Waals surface area contributed by atoms with Crippen LogP contribution in [0.3, 0.4) is 0 Å². The van der Waals surface area contributed by atoms with Crippen LogP contribution in [0.5, 0.6) is 0 Å². The first kappa shape index (κ1) is 18.6. The van der Waals surface area contributed by atoms with E-state index in [1.165, 1.54) is 0 Å². The topological polar surface area (TPSA) is 75.2 Å². The van der Waals surface area contributed by atoms with E-state index >= 15 is 0 Å². The Balaban J connectivity index is 1.39. The summed E-state index contributed by atoms with van der Waals surface area (Å²) in [7, 11) is 0. The molecule has 28 heavy (non-hydrogen) atoms. The molecule has 2 amide bonds. The Morgan fingerprint density at radius 3 is 2.71 bits per heavy atom. The number of amides is 2. The van der Waals surface area contributed by atoms with Crippen molar-refractivity contribution in [1.29, 1.82) is 0 Å². The van der Waals surface area contributed by atoms with Gasteiger partial charge in [0.1, 0.15) is 11.0 Å². The number of nitrogens with zero attached hydrogens (tertiary/aromatic N) is 3. The van der Waals surface area contributed by atoms with Crippen molar-refractivity contribution in [1.82, 2.24) is 19.0 Å². The third kappa shape index (κ3) is 4.04. The zero-order valence-electron chi connectivity index (χ0n) is 15.5. The van der Waals surface area contributed by atoms with E-state index in [0.29, 0.717) is 17.7 Å². The summed E-state index contributed by atoms with van der Waals surface area (Å²) in [5, 5.41) is 2.97. The van der Waals surface area contributed by atoms with Gasteiger partial charge in [0.2, 0.25) is 0 Å². The van der Waals surface area contributed by atoms with Crippen molar-refractivity contribution < 1.29 is 9.59 Å². The van der Waals surface area contributed by atoms with E-state index in [0.717, 1.165) is 55.0 Å². The molecule has 0 aliphatic carbocycles. The van der Waals surface area contributed by atoms with Crippen LogP contribution < -0.4 is 5.32 Å². The van der Waals surface area contributed by atoms with Crippen molar-refractivity contribution >= 4 is 34.6 Å². The van der Waals surface area contributed by atoms with Crippen LogP contribution in [0.2, 0.25) is 0 Å². The van der Waals surface area contributed by atoms with Gasteiger partial charge in [0, 0.05) is 30.3 Å². The Morgan fingerprint density at radius 2 is 1.86 bits per heavy atom. The van der Waals surface area contributed by atoms with Crippen LogP contribution >= 0.6 is 11.7 Å². The quantitative estimate of drug-likeness (QED) is 0.719. The molecular weight excluding hydrogens is 372 g/mol. The molecule has 144 valence electrons. The van der Waals surface area contributed by atoms with Crippen molar-refractivity contribution in [2.24, 2.45) is 0 Å². The molecule has 1 saturated heterocycles. The number of carbonyl (C=O) groups excluding carboxylic acids is 2. The minimum absolute atomic E-state index is 0.0361. The van der Waals surface area contributed by atoms with E-state index in [4.69, 9.17) is 0 Å². The van der Waals surface area contributed by atoms with Crippen LogP contribution in [-0.4, -0.2) is 44.6 Å². The highest BCUT2D eigenvalue weighted by atomic mass is 32.1. The molecule has 6 nitrogen and oxygen atoms in total. The van der Waals surface area contributed by atoms with Gasteiger partial charge in [-0.1, -0.05) is 18.2 Å². The van der Waals surface area contributed by atoms with E-state index in [-0.39, 0.29) is 17.9 Å². The fourth-order valence-electron chi connectivity index (χ4n) is 3.69. The van der Waals surface area contributed by atoms with Crippen molar-refractivity contribution in [2.75, 3.05) is 13.1 Å². The fraction of sp³-hybridized carbons (Fsp3) is 0.333. The van der Waals surface area contributed by atoms with E-state index < -0.39 is 0 Å². The Kier molecular flexibility index (Phi) is 5.62. The third-order valence-corrected chi connectivity index (χ3v) is 5.74. The molecule has 0 saturated carbocycles. The number of hydrogen-bond donors (Lipinski definition) is 1. The maximum absolute atomic E-state index is 13.1. The zero-order chi connectivity index (χ0) is 19.3. The fourth-order valence-corrected chi connectivity index (χ4v) is 4.21. The second-order valence-corrected chi connectivity index (χ2v) is 7.55. The van der Waals surface area contributed by atoms with E-state index in [9.17, 15) is 9.59 Å². The summed E-state index contributed by atoms with van der Waals surface area (Å²) in [6.45, 7) is 1.31. The summed E-state index contributed by atoms with van der Waals surface area (Å²) in [5.41, 5.74) is 2.89. The number of likely N-dealkylation sites (tertiary alicyclic amines) is 1.